The SMILES string of the molecule is CC(C)c1cccc(C(C)C)c1N=Cc1cccc(C=Nc2c(C(C)C)cccc2C(C)C)n1.[Cl-].[Cl-].[V+2]. The fourth-order valence-electron chi connectivity index (χ4n) is 4.20. The van der Waals surface area contributed by atoms with Gasteiger partial charge < -0.3 is 24.8 Å². The summed E-state index contributed by atoms with van der Waals surface area (Å²) in [6.45, 7) is 17.7. The Labute approximate surface area is 248 Å². The molecule has 0 fully saturated rings. The maximum absolute atomic E-state index is 4.92. The third-order valence-corrected chi connectivity index (χ3v) is 6.13. The summed E-state index contributed by atoms with van der Waals surface area (Å²) in [5, 5.41) is 0. The van der Waals surface area contributed by atoms with Gasteiger partial charge in [-0.25, -0.2) is 4.98 Å². The predicted molar refractivity (Wildman–Crippen MR) is 148 cm³/mol. The van der Waals surface area contributed by atoms with Crippen LogP contribution in [0.1, 0.15) is 113 Å². The normalized spacial score (nSPS) is 11.4. The Morgan fingerprint density at radius 3 is 1.05 bits per heavy atom. The van der Waals surface area contributed by atoms with E-state index in [4.69, 9.17) is 15.0 Å². The van der Waals surface area contributed by atoms with Crippen LogP contribution >= 0.6 is 0 Å². The van der Waals surface area contributed by atoms with Gasteiger partial charge in [-0.2, -0.15) is 0 Å². The summed E-state index contributed by atoms with van der Waals surface area (Å²) in [5.41, 5.74) is 8.88. The Morgan fingerprint density at radius 2 is 0.784 bits per heavy atom. The van der Waals surface area contributed by atoms with Gasteiger partial charge in [-0.05, 0) is 58.1 Å². The number of pyridine rings is 1. The van der Waals surface area contributed by atoms with E-state index in [0.29, 0.717) is 23.7 Å². The Bertz CT molecular complexity index is 1040. The minimum absolute atomic E-state index is 0. The van der Waals surface area contributed by atoms with Crippen LogP contribution in [0.5, 0.6) is 0 Å². The van der Waals surface area contributed by atoms with Crippen LogP contribution in [0.25, 0.3) is 0 Å². The zero-order valence-electron chi connectivity index (χ0n) is 23.2. The molecule has 0 N–H and O–H groups in total. The number of rotatable bonds is 8. The first-order valence-corrected chi connectivity index (χ1v) is 12.5. The molecular weight excluding hydrogens is 536 g/mol. The quantitative estimate of drug-likeness (QED) is 0.381. The number of nitrogens with zero attached hydrogens (tertiary/aromatic N) is 3. The fraction of sp³-hybridized carbons (Fsp3) is 0.387. The van der Waals surface area contributed by atoms with Crippen molar-refractivity contribution < 1.29 is 43.4 Å². The van der Waals surface area contributed by atoms with E-state index in [2.05, 4.69) is 91.8 Å². The van der Waals surface area contributed by atoms with Gasteiger partial charge in [-0.1, -0.05) is 97.9 Å². The van der Waals surface area contributed by atoms with E-state index in [1.54, 1.807) is 0 Å². The largest absolute Gasteiger partial charge is 2.00 e. The van der Waals surface area contributed by atoms with Crippen molar-refractivity contribution in [3.05, 3.63) is 88.2 Å². The minimum Gasteiger partial charge on any atom is -1.00 e. The van der Waals surface area contributed by atoms with Crippen molar-refractivity contribution in [2.75, 3.05) is 0 Å². The molecule has 0 aliphatic carbocycles. The molecule has 0 amide bonds. The van der Waals surface area contributed by atoms with Gasteiger partial charge in [-0.15, -0.1) is 0 Å². The molecule has 1 heterocycles. The Morgan fingerprint density at radius 1 is 0.514 bits per heavy atom. The Balaban J connectivity index is 0.00000432. The van der Waals surface area contributed by atoms with Crippen molar-refractivity contribution in [1.29, 1.82) is 0 Å². The van der Waals surface area contributed by atoms with Crippen LogP contribution in [0.2, 0.25) is 0 Å². The van der Waals surface area contributed by atoms with E-state index in [1.165, 1.54) is 22.3 Å². The molecule has 0 unspecified atom stereocenters. The van der Waals surface area contributed by atoms with E-state index < -0.39 is 0 Å². The van der Waals surface area contributed by atoms with Gasteiger partial charge in [0.15, 0.2) is 0 Å². The van der Waals surface area contributed by atoms with E-state index in [1.807, 2.05) is 30.6 Å². The Kier molecular flexibility index (Phi) is 15.3. The molecule has 0 aliphatic rings. The van der Waals surface area contributed by atoms with Gasteiger partial charge in [0.05, 0.1) is 35.2 Å². The van der Waals surface area contributed by atoms with Crippen molar-refractivity contribution in [1.82, 2.24) is 4.98 Å². The third-order valence-electron chi connectivity index (χ3n) is 6.13. The summed E-state index contributed by atoms with van der Waals surface area (Å²) in [6.07, 6.45) is 3.76. The second-order valence-electron chi connectivity index (χ2n) is 10.2. The molecule has 3 rings (SSSR count). The van der Waals surface area contributed by atoms with Crippen LogP contribution in [0.15, 0.2) is 64.6 Å². The number of aromatic nitrogens is 1. The zero-order chi connectivity index (χ0) is 24.8. The molecule has 6 heteroatoms. The molecule has 0 aliphatic heterocycles. The zero-order valence-corrected chi connectivity index (χ0v) is 26.1. The summed E-state index contributed by atoms with van der Waals surface area (Å²) in [4.78, 5) is 14.6. The summed E-state index contributed by atoms with van der Waals surface area (Å²) in [7, 11) is 0. The van der Waals surface area contributed by atoms with Gasteiger partial charge in [0.25, 0.3) is 0 Å². The van der Waals surface area contributed by atoms with E-state index >= 15 is 0 Å². The van der Waals surface area contributed by atoms with Gasteiger partial charge in [0, 0.05) is 0 Å². The second kappa shape index (κ2) is 16.1. The molecule has 0 spiro atoms. The van der Waals surface area contributed by atoms with Crippen molar-refractivity contribution in [3.63, 3.8) is 0 Å². The van der Waals surface area contributed by atoms with E-state index in [0.717, 1.165) is 22.8 Å². The maximum Gasteiger partial charge on any atom is 2.00 e. The van der Waals surface area contributed by atoms with Crippen LogP contribution in [0.3, 0.4) is 0 Å². The number of benzene rings is 2. The maximum atomic E-state index is 4.92. The summed E-state index contributed by atoms with van der Waals surface area (Å²) in [5.74, 6) is 1.64. The molecule has 0 saturated heterocycles. The van der Waals surface area contributed by atoms with Gasteiger partial charge in [0.2, 0.25) is 0 Å². The van der Waals surface area contributed by atoms with Crippen LogP contribution in [0, 0.1) is 0 Å². The van der Waals surface area contributed by atoms with Gasteiger partial charge >= 0.3 is 18.6 Å². The molecule has 1 aromatic heterocycles. The first kappa shape index (κ1) is 35.1. The predicted octanol–water partition coefficient (Wildman–Crippen LogP) is 3.08. The standard InChI is InChI=1S/C31H39N3.2ClH.V/c1-20(2)26-14-10-15-27(21(3)4)30(26)32-18-24-12-9-13-25(34-24)19-33-31-28(22(5)6)16-11-17-29(31)23(7)8;;;/h9-23H,1-8H3;2*1H;/q;;;+2/p-2. The molecule has 0 bridgehead atoms. The van der Waals surface area contributed by atoms with E-state index in [9.17, 15) is 0 Å². The topological polar surface area (TPSA) is 37.6 Å². The third kappa shape index (κ3) is 9.11. The van der Waals surface area contributed by atoms with Crippen molar-refractivity contribution in [2.45, 2.75) is 79.1 Å². The van der Waals surface area contributed by atoms with Crippen molar-refractivity contribution in [2.24, 2.45) is 9.98 Å². The van der Waals surface area contributed by atoms with E-state index in [-0.39, 0.29) is 43.4 Å². The van der Waals surface area contributed by atoms with Crippen LogP contribution < -0.4 is 24.8 Å². The van der Waals surface area contributed by atoms with Crippen LogP contribution in [-0.2, 0) is 18.6 Å². The minimum atomic E-state index is 0. The molecule has 0 saturated carbocycles. The Hall–Kier alpha value is -1.91. The number of hydrogen-bond acceptors (Lipinski definition) is 3. The summed E-state index contributed by atoms with van der Waals surface area (Å²) < 4.78 is 0. The molecule has 1 radical (unpaired) electrons. The molecule has 197 valence electrons. The van der Waals surface area contributed by atoms with Crippen molar-refractivity contribution in [3.8, 4) is 0 Å². The number of para-hydroxylation sites is 2. The molecule has 37 heavy (non-hydrogen) atoms. The fourth-order valence-corrected chi connectivity index (χ4v) is 4.20. The molecule has 2 aromatic carbocycles. The monoisotopic (exact) mass is 574 g/mol. The number of aliphatic imine (C=N–C) groups is 2. The van der Waals surface area contributed by atoms with Gasteiger partial charge in [0.1, 0.15) is 0 Å². The van der Waals surface area contributed by atoms with Crippen molar-refractivity contribution >= 4 is 23.8 Å². The number of halogens is 2. The molecular formula is C31H39Cl2N3V. The smallest absolute Gasteiger partial charge is 1.00 e. The summed E-state index contributed by atoms with van der Waals surface area (Å²) in [6, 6.07) is 19.0. The molecule has 0 atom stereocenters. The molecule has 3 nitrogen and oxygen atoms in total. The molecule has 3 aromatic rings. The average molecular weight is 576 g/mol. The first-order valence-electron chi connectivity index (χ1n) is 12.5. The summed E-state index contributed by atoms with van der Waals surface area (Å²) >= 11 is 0. The van der Waals surface area contributed by atoms with Gasteiger partial charge in [-0.3, -0.25) is 9.98 Å². The average Bonchev–Trinajstić information content (AvgIpc) is 2.80. The second-order valence-corrected chi connectivity index (χ2v) is 10.2. The first-order chi connectivity index (χ1) is 16.2. The van der Waals surface area contributed by atoms with Crippen LogP contribution in [-0.4, -0.2) is 17.4 Å². The van der Waals surface area contributed by atoms with Crippen LogP contribution in [0.4, 0.5) is 11.4 Å². The number of hydrogen-bond donors (Lipinski definition) is 0.